The Kier molecular flexibility index (Phi) is 4.93. The van der Waals surface area contributed by atoms with Gasteiger partial charge in [-0.2, -0.15) is 5.10 Å². The van der Waals surface area contributed by atoms with Crippen LogP contribution in [-0.4, -0.2) is 22.8 Å². The van der Waals surface area contributed by atoms with Gasteiger partial charge in [0.1, 0.15) is 5.37 Å². The number of rotatable bonds is 3. The molecule has 1 radical (unpaired) electrons. The first kappa shape index (κ1) is 16.0. The third kappa shape index (κ3) is 3.71. The predicted molar refractivity (Wildman–Crippen MR) is 100 cm³/mol. The minimum absolute atomic E-state index is 0.0233. The highest BCUT2D eigenvalue weighted by Crippen LogP contribution is 2.36. The molecule has 117 valence electrons. The molecule has 0 aliphatic carbocycles. The van der Waals surface area contributed by atoms with Crippen LogP contribution in [0.4, 0.5) is 5.69 Å². The standard InChI is InChI=1S/C17H17N4S2/c1-12-3-5-13(6-4-12)16-21(19-11-23-16)17(18)20-14-7-9-15(22-2)10-8-14/h3-10,16H,1-2H3,(H2,18,20). The van der Waals surface area contributed by atoms with Gasteiger partial charge < -0.3 is 5.73 Å². The Bertz CT molecular complexity index is 723. The van der Waals surface area contributed by atoms with Crippen LogP contribution in [0.2, 0.25) is 0 Å². The fourth-order valence-corrected chi connectivity index (χ4v) is 3.36. The van der Waals surface area contributed by atoms with E-state index in [4.69, 9.17) is 5.73 Å². The van der Waals surface area contributed by atoms with Gasteiger partial charge in [-0.15, -0.1) is 11.8 Å². The molecular weight excluding hydrogens is 324 g/mol. The molecule has 0 spiro atoms. The lowest BCUT2D eigenvalue weighted by Crippen LogP contribution is -2.32. The lowest BCUT2D eigenvalue weighted by Gasteiger charge is -2.21. The van der Waals surface area contributed by atoms with E-state index in [0.29, 0.717) is 5.96 Å². The summed E-state index contributed by atoms with van der Waals surface area (Å²) in [6.45, 7) is 2.07. The number of aliphatic imine (C=N–C) groups is 1. The van der Waals surface area contributed by atoms with Crippen molar-refractivity contribution in [2.45, 2.75) is 17.2 Å². The van der Waals surface area contributed by atoms with Crippen molar-refractivity contribution < 1.29 is 0 Å². The van der Waals surface area contributed by atoms with Gasteiger partial charge in [-0.3, -0.25) is 0 Å². The molecule has 0 amide bonds. The van der Waals surface area contributed by atoms with E-state index in [0.717, 1.165) is 11.3 Å². The Morgan fingerprint density at radius 3 is 2.57 bits per heavy atom. The van der Waals surface area contributed by atoms with Crippen LogP contribution in [0.5, 0.6) is 0 Å². The normalized spacial score (nSPS) is 17.7. The maximum Gasteiger partial charge on any atom is 0.218 e. The zero-order valence-electron chi connectivity index (χ0n) is 12.9. The van der Waals surface area contributed by atoms with Crippen molar-refractivity contribution in [3.8, 4) is 0 Å². The van der Waals surface area contributed by atoms with E-state index in [1.807, 2.05) is 30.5 Å². The topological polar surface area (TPSA) is 54.0 Å². The van der Waals surface area contributed by atoms with Gasteiger partial charge in [-0.25, -0.2) is 10.0 Å². The molecule has 0 saturated heterocycles. The van der Waals surface area contributed by atoms with Gasteiger partial charge in [-0.1, -0.05) is 41.6 Å². The molecule has 1 heterocycles. The number of nitrogens with two attached hydrogens (primary N) is 1. The Labute approximate surface area is 144 Å². The van der Waals surface area contributed by atoms with Crippen LogP contribution in [0, 0.1) is 6.92 Å². The van der Waals surface area contributed by atoms with Crippen LogP contribution in [0.3, 0.4) is 0 Å². The molecule has 3 rings (SSSR count). The molecule has 2 N–H and O–H groups in total. The van der Waals surface area contributed by atoms with E-state index in [1.54, 1.807) is 16.8 Å². The second-order valence-corrected chi connectivity index (χ2v) is 6.83. The quantitative estimate of drug-likeness (QED) is 0.516. The van der Waals surface area contributed by atoms with Crippen LogP contribution >= 0.6 is 23.5 Å². The molecule has 1 aliphatic rings. The van der Waals surface area contributed by atoms with Crippen LogP contribution in [-0.2, 0) is 0 Å². The van der Waals surface area contributed by atoms with Crippen molar-refractivity contribution in [2.24, 2.45) is 15.8 Å². The number of guanidine groups is 1. The maximum absolute atomic E-state index is 6.16. The smallest absolute Gasteiger partial charge is 0.218 e. The van der Waals surface area contributed by atoms with E-state index < -0.39 is 0 Å². The van der Waals surface area contributed by atoms with E-state index in [2.05, 4.69) is 46.8 Å². The van der Waals surface area contributed by atoms with Crippen molar-refractivity contribution in [1.82, 2.24) is 5.01 Å². The Hall–Kier alpha value is -1.92. The zero-order chi connectivity index (χ0) is 16.2. The van der Waals surface area contributed by atoms with Crippen molar-refractivity contribution in [3.05, 3.63) is 59.7 Å². The highest BCUT2D eigenvalue weighted by Gasteiger charge is 2.26. The Morgan fingerprint density at radius 2 is 1.91 bits per heavy atom. The van der Waals surface area contributed by atoms with Gasteiger partial charge in [0.15, 0.2) is 5.55 Å². The molecule has 1 atom stereocenters. The molecule has 23 heavy (non-hydrogen) atoms. The van der Waals surface area contributed by atoms with Crippen LogP contribution in [0.15, 0.2) is 63.5 Å². The van der Waals surface area contributed by atoms with Crippen molar-refractivity contribution in [2.75, 3.05) is 6.26 Å². The number of thioether (sulfide) groups is 2. The predicted octanol–water partition coefficient (Wildman–Crippen LogP) is 4.23. The molecule has 0 aromatic heterocycles. The zero-order valence-corrected chi connectivity index (χ0v) is 14.6. The van der Waals surface area contributed by atoms with E-state index in [1.165, 1.54) is 22.2 Å². The highest BCUT2D eigenvalue weighted by molar-refractivity contribution is 8.12. The summed E-state index contributed by atoms with van der Waals surface area (Å²) in [5, 5.41) is 5.91. The molecule has 0 saturated carbocycles. The third-order valence-electron chi connectivity index (χ3n) is 3.45. The summed E-state index contributed by atoms with van der Waals surface area (Å²) in [7, 11) is 0. The van der Waals surface area contributed by atoms with Crippen LogP contribution < -0.4 is 5.73 Å². The van der Waals surface area contributed by atoms with Gasteiger partial charge in [0.25, 0.3) is 0 Å². The van der Waals surface area contributed by atoms with E-state index in [-0.39, 0.29) is 5.37 Å². The minimum Gasteiger partial charge on any atom is -0.368 e. The Balaban J connectivity index is 1.81. The van der Waals surface area contributed by atoms with Crippen molar-refractivity contribution in [3.63, 3.8) is 0 Å². The molecule has 1 unspecified atom stereocenters. The summed E-state index contributed by atoms with van der Waals surface area (Å²) in [4.78, 5) is 5.67. The minimum atomic E-state index is -0.0233. The number of nitrogens with zero attached hydrogens (tertiary/aromatic N) is 3. The van der Waals surface area contributed by atoms with Gasteiger partial charge in [0.05, 0.1) is 5.69 Å². The van der Waals surface area contributed by atoms with Gasteiger partial charge in [0.2, 0.25) is 5.96 Å². The molecule has 1 aliphatic heterocycles. The Morgan fingerprint density at radius 1 is 1.22 bits per heavy atom. The summed E-state index contributed by atoms with van der Waals surface area (Å²) in [5.41, 5.74) is 12.3. The molecule has 6 heteroatoms. The van der Waals surface area contributed by atoms with E-state index in [9.17, 15) is 0 Å². The number of aryl methyl sites for hydroxylation is 1. The molecule has 2 aromatic carbocycles. The van der Waals surface area contributed by atoms with Crippen molar-refractivity contribution in [1.29, 1.82) is 0 Å². The highest BCUT2D eigenvalue weighted by atomic mass is 32.2. The summed E-state index contributed by atoms with van der Waals surface area (Å²) in [6, 6.07) is 16.3. The molecule has 0 fully saturated rings. The average Bonchev–Trinajstić information content (AvgIpc) is 3.06. The van der Waals surface area contributed by atoms with E-state index >= 15 is 0 Å². The van der Waals surface area contributed by atoms with Gasteiger partial charge >= 0.3 is 0 Å². The summed E-state index contributed by atoms with van der Waals surface area (Å²) in [6.07, 6.45) is 2.05. The lowest BCUT2D eigenvalue weighted by molar-refractivity contribution is 0.435. The average molecular weight is 341 g/mol. The first-order valence-electron chi connectivity index (χ1n) is 7.12. The lowest BCUT2D eigenvalue weighted by atomic mass is 10.1. The summed E-state index contributed by atoms with van der Waals surface area (Å²) < 4.78 is 0. The second-order valence-electron chi connectivity index (χ2n) is 5.08. The molecule has 0 bridgehead atoms. The van der Waals surface area contributed by atoms with Gasteiger partial charge in [0, 0.05) is 4.90 Å². The van der Waals surface area contributed by atoms with Crippen LogP contribution in [0.1, 0.15) is 16.5 Å². The summed E-state index contributed by atoms with van der Waals surface area (Å²) in [5.74, 6) is 0.366. The fraction of sp³-hybridized carbons (Fsp3) is 0.176. The monoisotopic (exact) mass is 341 g/mol. The first-order valence-corrected chi connectivity index (χ1v) is 9.23. The summed E-state index contributed by atoms with van der Waals surface area (Å²) >= 11 is 3.20. The molecule has 2 aromatic rings. The number of hydrazone groups is 1. The number of hydrogen-bond donors (Lipinski definition) is 1. The fourth-order valence-electron chi connectivity index (χ4n) is 2.17. The molecule has 4 nitrogen and oxygen atoms in total. The maximum atomic E-state index is 6.16. The SMILES string of the molecule is CSc1ccc(N=C(N)N2N=[C]SC2c2ccc(C)cc2)cc1. The number of hydrogen-bond acceptors (Lipinski definition) is 4. The molecular formula is C17H17N4S2. The number of benzene rings is 2. The first-order chi connectivity index (χ1) is 11.2. The van der Waals surface area contributed by atoms with Gasteiger partial charge in [-0.05, 0) is 43.0 Å². The largest absolute Gasteiger partial charge is 0.368 e. The van der Waals surface area contributed by atoms with Crippen molar-refractivity contribution >= 4 is 40.7 Å². The second kappa shape index (κ2) is 7.10. The third-order valence-corrected chi connectivity index (χ3v) is 5.07. The van der Waals surface area contributed by atoms with Crippen LogP contribution in [0.25, 0.3) is 0 Å².